The minimum Gasteiger partial charge on any atom is -0.393 e. The number of amides is 1. The molecule has 0 radical (unpaired) electrons. The Hall–Kier alpha value is -1.39. The van der Waals surface area contributed by atoms with Gasteiger partial charge in [0.05, 0.1) is 12.7 Å². The predicted octanol–water partition coefficient (Wildman–Crippen LogP) is 1.46. The van der Waals surface area contributed by atoms with Crippen LogP contribution in [0.25, 0.3) is 0 Å². The average molecular weight is 263 g/mol. The van der Waals surface area contributed by atoms with E-state index in [1.54, 1.807) is 24.3 Å². The maximum Gasteiger partial charge on any atom is 0.251 e. The summed E-state index contributed by atoms with van der Waals surface area (Å²) in [4.78, 5) is 11.9. The fraction of sp³-hybridized carbons (Fsp3) is 0.533. The van der Waals surface area contributed by atoms with Crippen molar-refractivity contribution in [3.8, 4) is 0 Å². The zero-order valence-electron chi connectivity index (χ0n) is 11.0. The molecular weight excluding hydrogens is 242 g/mol. The van der Waals surface area contributed by atoms with Crippen molar-refractivity contribution in [2.75, 3.05) is 6.54 Å². The second-order valence-electron chi connectivity index (χ2n) is 5.25. The third kappa shape index (κ3) is 4.04. The molecule has 1 aliphatic rings. The van der Waals surface area contributed by atoms with E-state index in [0.717, 1.165) is 31.2 Å². The molecule has 1 fully saturated rings. The number of nitrogens with one attached hydrogen (secondary N) is 1. The van der Waals surface area contributed by atoms with Crippen LogP contribution in [0.2, 0.25) is 0 Å². The van der Waals surface area contributed by atoms with E-state index in [9.17, 15) is 9.90 Å². The third-order valence-electron chi connectivity index (χ3n) is 3.71. The molecule has 4 heteroatoms. The highest BCUT2D eigenvalue weighted by molar-refractivity contribution is 5.94. The first-order valence-electron chi connectivity index (χ1n) is 6.85. The number of hydrogen-bond donors (Lipinski definition) is 3. The van der Waals surface area contributed by atoms with Gasteiger partial charge in [-0.2, -0.15) is 0 Å². The van der Waals surface area contributed by atoms with Crippen LogP contribution in [0.1, 0.15) is 41.6 Å². The van der Waals surface area contributed by atoms with Crippen molar-refractivity contribution in [2.45, 2.75) is 38.4 Å². The number of hydrogen-bond acceptors (Lipinski definition) is 3. The van der Waals surface area contributed by atoms with E-state index in [-0.39, 0.29) is 18.6 Å². The lowest BCUT2D eigenvalue weighted by Crippen LogP contribution is -2.32. The van der Waals surface area contributed by atoms with E-state index in [1.165, 1.54) is 0 Å². The first-order chi connectivity index (χ1) is 9.19. The predicted molar refractivity (Wildman–Crippen MR) is 72.7 cm³/mol. The summed E-state index contributed by atoms with van der Waals surface area (Å²) in [5.41, 5.74) is 1.40. The Morgan fingerprint density at radius 2 is 2.00 bits per heavy atom. The Bertz CT molecular complexity index is 416. The van der Waals surface area contributed by atoms with Crippen LogP contribution in [0.3, 0.4) is 0 Å². The van der Waals surface area contributed by atoms with E-state index in [1.807, 2.05) is 0 Å². The molecule has 104 valence electrons. The molecule has 2 atom stereocenters. The van der Waals surface area contributed by atoms with Crippen LogP contribution < -0.4 is 5.32 Å². The SMILES string of the molecule is O=C(NCC1CCCC(O)C1)c1ccc(CO)cc1. The number of carbonyl (C=O) groups is 1. The van der Waals surface area contributed by atoms with E-state index < -0.39 is 0 Å². The molecule has 0 saturated heterocycles. The highest BCUT2D eigenvalue weighted by Gasteiger charge is 2.20. The highest BCUT2D eigenvalue weighted by Crippen LogP contribution is 2.23. The van der Waals surface area contributed by atoms with Crippen molar-refractivity contribution in [1.29, 1.82) is 0 Å². The van der Waals surface area contributed by atoms with E-state index in [0.29, 0.717) is 18.0 Å². The van der Waals surface area contributed by atoms with Crippen molar-refractivity contribution in [3.63, 3.8) is 0 Å². The van der Waals surface area contributed by atoms with E-state index in [2.05, 4.69) is 5.32 Å². The average Bonchev–Trinajstić information content (AvgIpc) is 2.45. The third-order valence-corrected chi connectivity index (χ3v) is 3.71. The monoisotopic (exact) mass is 263 g/mol. The zero-order chi connectivity index (χ0) is 13.7. The van der Waals surface area contributed by atoms with Crippen LogP contribution >= 0.6 is 0 Å². The van der Waals surface area contributed by atoms with Crippen molar-refractivity contribution in [2.24, 2.45) is 5.92 Å². The highest BCUT2D eigenvalue weighted by atomic mass is 16.3. The van der Waals surface area contributed by atoms with Crippen molar-refractivity contribution >= 4 is 5.91 Å². The van der Waals surface area contributed by atoms with Gasteiger partial charge in [0, 0.05) is 12.1 Å². The summed E-state index contributed by atoms with van der Waals surface area (Å²) in [6.45, 7) is 0.611. The molecule has 1 aliphatic carbocycles. The number of aliphatic hydroxyl groups is 2. The zero-order valence-corrected chi connectivity index (χ0v) is 11.0. The fourth-order valence-corrected chi connectivity index (χ4v) is 2.55. The quantitative estimate of drug-likeness (QED) is 0.770. The van der Waals surface area contributed by atoms with Crippen molar-refractivity contribution in [1.82, 2.24) is 5.32 Å². The summed E-state index contributed by atoms with van der Waals surface area (Å²) in [6, 6.07) is 6.94. The molecule has 0 spiro atoms. The number of carbonyl (C=O) groups excluding carboxylic acids is 1. The molecular formula is C15H21NO3. The van der Waals surface area contributed by atoms with Gasteiger partial charge in [-0.05, 0) is 42.9 Å². The lowest BCUT2D eigenvalue weighted by molar-refractivity contribution is 0.0874. The maximum atomic E-state index is 11.9. The topological polar surface area (TPSA) is 69.6 Å². The maximum absolute atomic E-state index is 11.9. The molecule has 1 aromatic rings. The standard InChI is InChI=1S/C15H21NO3/c17-10-11-4-6-13(7-5-11)15(19)16-9-12-2-1-3-14(18)8-12/h4-7,12,14,17-18H,1-3,8-10H2,(H,16,19). The van der Waals surface area contributed by atoms with Crippen molar-refractivity contribution in [3.05, 3.63) is 35.4 Å². The van der Waals surface area contributed by atoms with Gasteiger partial charge in [-0.3, -0.25) is 4.79 Å². The minimum absolute atomic E-state index is 0.0120. The lowest BCUT2D eigenvalue weighted by Gasteiger charge is -2.25. The summed E-state index contributed by atoms with van der Waals surface area (Å²) in [5.74, 6) is 0.286. The molecule has 1 aromatic carbocycles. The van der Waals surface area contributed by atoms with Gasteiger partial charge in [0.2, 0.25) is 0 Å². The number of aliphatic hydroxyl groups excluding tert-OH is 2. The van der Waals surface area contributed by atoms with E-state index >= 15 is 0 Å². The normalized spacial score (nSPS) is 23.1. The largest absolute Gasteiger partial charge is 0.393 e. The van der Waals surface area contributed by atoms with Gasteiger partial charge in [-0.1, -0.05) is 18.6 Å². The van der Waals surface area contributed by atoms with Crippen LogP contribution in [0, 0.1) is 5.92 Å². The molecule has 2 rings (SSSR count). The van der Waals surface area contributed by atoms with Gasteiger partial charge >= 0.3 is 0 Å². The molecule has 3 N–H and O–H groups in total. The van der Waals surface area contributed by atoms with Crippen LogP contribution in [0.4, 0.5) is 0 Å². The first kappa shape index (κ1) is 14.0. The Morgan fingerprint density at radius 3 is 2.63 bits per heavy atom. The van der Waals surface area contributed by atoms with Gasteiger partial charge in [0.1, 0.15) is 0 Å². The van der Waals surface area contributed by atoms with Gasteiger partial charge in [-0.15, -0.1) is 0 Å². The van der Waals surface area contributed by atoms with Gasteiger partial charge in [-0.25, -0.2) is 0 Å². The Balaban J connectivity index is 1.83. The second kappa shape index (κ2) is 6.68. The van der Waals surface area contributed by atoms with Gasteiger partial charge in [0.15, 0.2) is 0 Å². The van der Waals surface area contributed by atoms with Crippen molar-refractivity contribution < 1.29 is 15.0 Å². The minimum atomic E-state index is -0.209. The van der Waals surface area contributed by atoms with E-state index in [4.69, 9.17) is 5.11 Å². The Labute approximate surface area is 113 Å². The molecule has 1 saturated carbocycles. The van der Waals surface area contributed by atoms with Crippen LogP contribution in [0.15, 0.2) is 24.3 Å². The number of rotatable bonds is 4. The summed E-state index contributed by atoms with van der Waals surface area (Å²) in [7, 11) is 0. The smallest absolute Gasteiger partial charge is 0.251 e. The molecule has 0 heterocycles. The Kier molecular flexibility index (Phi) is 4.93. The first-order valence-corrected chi connectivity index (χ1v) is 6.85. The molecule has 1 amide bonds. The van der Waals surface area contributed by atoms with Crippen LogP contribution in [-0.4, -0.2) is 28.8 Å². The number of benzene rings is 1. The van der Waals surface area contributed by atoms with Crippen LogP contribution in [0.5, 0.6) is 0 Å². The molecule has 0 aromatic heterocycles. The second-order valence-corrected chi connectivity index (χ2v) is 5.25. The summed E-state index contributed by atoms with van der Waals surface area (Å²) >= 11 is 0. The summed E-state index contributed by atoms with van der Waals surface area (Å²) in [6.07, 6.45) is 3.56. The molecule has 4 nitrogen and oxygen atoms in total. The Morgan fingerprint density at radius 1 is 1.26 bits per heavy atom. The molecule has 0 aliphatic heterocycles. The molecule has 0 bridgehead atoms. The fourth-order valence-electron chi connectivity index (χ4n) is 2.55. The summed E-state index contributed by atoms with van der Waals surface area (Å²) in [5, 5.41) is 21.4. The van der Waals surface area contributed by atoms with Gasteiger partial charge in [0.25, 0.3) is 5.91 Å². The van der Waals surface area contributed by atoms with Gasteiger partial charge < -0.3 is 15.5 Å². The lowest BCUT2D eigenvalue weighted by atomic mass is 9.87. The molecule has 19 heavy (non-hydrogen) atoms. The van der Waals surface area contributed by atoms with Crippen LogP contribution in [-0.2, 0) is 6.61 Å². The molecule has 2 unspecified atom stereocenters. The summed E-state index contributed by atoms with van der Waals surface area (Å²) < 4.78 is 0.